The van der Waals surface area contributed by atoms with Crippen molar-refractivity contribution in [2.45, 2.75) is 12.1 Å². The lowest BCUT2D eigenvalue weighted by Gasteiger charge is -2.26. The number of imide groups is 1. The topological polar surface area (TPSA) is 101 Å². The lowest BCUT2D eigenvalue weighted by atomic mass is 9.98. The number of hydrogen-bond acceptors (Lipinski definition) is 5. The second kappa shape index (κ2) is 7.39. The smallest absolute Gasteiger partial charge is 0.323 e. The van der Waals surface area contributed by atoms with Crippen molar-refractivity contribution in [3.05, 3.63) is 71.4 Å². The van der Waals surface area contributed by atoms with Crippen LogP contribution in [0.1, 0.15) is 21.5 Å². The molecule has 2 aliphatic heterocycles. The molecular weight excluding hydrogens is 408 g/mol. The van der Waals surface area contributed by atoms with Crippen LogP contribution < -0.4 is 15.4 Å². The van der Waals surface area contributed by atoms with Crippen molar-refractivity contribution in [1.82, 2.24) is 20.5 Å². The van der Waals surface area contributed by atoms with Crippen LogP contribution in [0.5, 0.6) is 5.75 Å². The molecule has 32 heavy (non-hydrogen) atoms. The van der Waals surface area contributed by atoms with Crippen LogP contribution in [0.15, 0.2) is 54.7 Å². The molecule has 2 aromatic carbocycles. The maximum atomic E-state index is 13.0. The van der Waals surface area contributed by atoms with Crippen molar-refractivity contribution >= 4 is 28.7 Å². The number of nitrogens with zero attached hydrogens (tertiary/aromatic N) is 2. The number of methoxy groups -OCH3 is 1. The van der Waals surface area contributed by atoms with E-state index >= 15 is 0 Å². The number of carbonyl (C=O) groups is 3. The lowest BCUT2D eigenvalue weighted by molar-refractivity contribution is -0.122. The Kier molecular flexibility index (Phi) is 4.52. The minimum absolute atomic E-state index is 0.0869. The van der Waals surface area contributed by atoms with Gasteiger partial charge in [0.1, 0.15) is 5.75 Å². The summed E-state index contributed by atoms with van der Waals surface area (Å²) in [5.74, 6) is 5.71. The highest BCUT2D eigenvalue weighted by Crippen LogP contribution is 2.28. The number of carbonyl (C=O) groups excluding carboxylic acids is 3. The molecule has 2 aliphatic rings. The number of urea groups is 1. The third-order valence-electron chi connectivity index (χ3n) is 5.62. The molecule has 0 aliphatic carbocycles. The Morgan fingerprint density at radius 1 is 1.16 bits per heavy atom. The number of fused-ring (bicyclic) bond motifs is 2. The van der Waals surface area contributed by atoms with Gasteiger partial charge in [-0.2, -0.15) is 0 Å². The largest absolute Gasteiger partial charge is 0.497 e. The number of nitrogens with one attached hydrogen (secondary N) is 2. The molecule has 158 valence electrons. The van der Waals surface area contributed by atoms with Gasteiger partial charge in [-0.25, -0.2) is 4.79 Å². The van der Waals surface area contributed by atoms with E-state index in [-0.39, 0.29) is 12.5 Å². The predicted octanol–water partition coefficient (Wildman–Crippen LogP) is 1.83. The van der Waals surface area contributed by atoms with Gasteiger partial charge in [0.25, 0.3) is 11.8 Å². The highest BCUT2D eigenvalue weighted by molar-refractivity contribution is 6.10. The molecule has 0 spiro atoms. The third kappa shape index (κ3) is 3.20. The van der Waals surface area contributed by atoms with Gasteiger partial charge >= 0.3 is 6.03 Å². The first-order chi connectivity index (χ1) is 15.5. The molecule has 0 unspecified atom stereocenters. The van der Waals surface area contributed by atoms with Crippen LogP contribution in [0.2, 0.25) is 0 Å². The van der Waals surface area contributed by atoms with E-state index in [2.05, 4.69) is 27.5 Å². The summed E-state index contributed by atoms with van der Waals surface area (Å²) in [6, 6.07) is 13.8. The summed E-state index contributed by atoms with van der Waals surface area (Å²) < 4.78 is 5.21. The maximum absolute atomic E-state index is 13.0. The number of ether oxygens (including phenoxy) is 1. The molecule has 3 heterocycles. The third-order valence-corrected chi connectivity index (χ3v) is 5.62. The highest BCUT2D eigenvalue weighted by atomic mass is 16.5. The minimum atomic E-state index is -1.57. The summed E-state index contributed by atoms with van der Waals surface area (Å²) in [6.45, 7) is 0.222. The van der Waals surface area contributed by atoms with E-state index in [1.54, 1.807) is 18.3 Å². The van der Waals surface area contributed by atoms with Gasteiger partial charge in [-0.05, 0) is 35.9 Å². The van der Waals surface area contributed by atoms with Crippen LogP contribution in [0.25, 0.3) is 10.9 Å². The molecule has 1 aromatic heterocycles. The van der Waals surface area contributed by atoms with E-state index in [4.69, 9.17) is 4.74 Å². The minimum Gasteiger partial charge on any atom is -0.497 e. The zero-order chi connectivity index (χ0) is 22.3. The van der Waals surface area contributed by atoms with Crippen LogP contribution in [-0.4, -0.2) is 46.9 Å². The molecule has 0 bridgehead atoms. The van der Waals surface area contributed by atoms with Crippen LogP contribution in [0.3, 0.4) is 0 Å². The van der Waals surface area contributed by atoms with E-state index in [9.17, 15) is 14.4 Å². The van der Waals surface area contributed by atoms with E-state index in [1.807, 2.05) is 36.4 Å². The molecule has 1 fully saturated rings. The molecular formula is C24H18N4O4. The Balaban J connectivity index is 1.51. The van der Waals surface area contributed by atoms with E-state index in [0.717, 1.165) is 16.5 Å². The molecule has 8 heteroatoms. The first kappa shape index (κ1) is 19.6. The van der Waals surface area contributed by atoms with Crippen molar-refractivity contribution in [2.24, 2.45) is 0 Å². The SMILES string of the molecule is COc1ccc2c(c1)C(=O)N(C[C@@]1(C#Cc3cccc4ncccc34)NC(=O)NC1=O)C2. The van der Waals surface area contributed by atoms with Crippen LogP contribution >= 0.6 is 0 Å². The van der Waals surface area contributed by atoms with Gasteiger partial charge in [0, 0.05) is 29.3 Å². The normalized spacial score (nSPS) is 19.3. The fourth-order valence-electron chi connectivity index (χ4n) is 4.00. The van der Waals surface area contributed by atoms with Gasteiger partial charge in [-0.15, -0.1) is 0 Å². The summed E-state index contributed by atoms with van der Waals surface area (Å²) in [5, 5.41) is 5.70. The monoisotopic (exact) mass is 426 g/mol. The Hall–Kier alpha value is -4.38. The van der Waals surface area contributed by atoms with E-state index < -0.39 is 17.5 Å². The van der Waals surface area contributed by atoms with Crippen molar-refractivity contribution in [3.63, 3.8) is 0 Å². The summed E-state index contributed by atoms with van der Waals surface area (Å²) in [6.07, 6.45) is 1.69. The van der Waals surface area contributed by atoms with Crippen LogP contribution in [-0.2, 0) is 11.3 Å². The first-order valence-electron chi connectivity index (χ1n) is 9.96. The quantitative estimate of drug-likeness (QED) is 0.492. The van der Waals surface area contributed by atoms with Crippen LogP contribution in [0, 0.1) is 11.8 Å². The summed E-state index contributed by atoms with van der Waals surface area (Å²) >= 11 is 0. The number of aromatic nitrogens is 1. The van der Waals surface area contributed by atoms with Crippen molar-refractivity contribution < 1.29 is 19.1 Å². The fraction of sp³-hybridized carbons (Fsp3) is 0.167. The van der Waals surface area contributed by atoms with E-state index in [0.29, 0.717) is 23.4 Å². The molecule has 1 saturated heterocycles. The molecule has 8 nitrogen and oxygen atoms in total. The van der Waals surface area contributed by atoms with Crippen molar-refractivity contribution in [1.29, 1.82) is 0 Å². The zero-order valence-electron chi connectivity index (χ0n) is 17.1. The summed E-state index contributed by atoms with van der Waals surface area (Å²) in [5.41, 5.74) is 1.21. The highest BCUT2D eigenvalue weighted by Gasteiger charge is 2.48. The van der Waals surface area contributed by atoms with Crippen molar-refractivity contribution in [2.75, 3.05) is 13.7 Å². The molecule has 0 saturated carbocycles. The molecule has 0 radical (unpaired) electrons. The fourth-order valence-corrected chi connectivity index (χ4v) is 4.00. The molecule has 5 rings (SSSR count). The van der Waals surface area contributed by atoms with Gasteiger partial charge in [-0.1, -0.05) is 30.0 Å². The van der Waals surface area contributed by atoms with Gasteiger partial charge in [-0.3, -0.25) is 19.9 Å². The number of pyridine rings is 1. The Labute approximate surface area is 183 Å². The summed E-state index contributed by atoms with van der Waals surface area (Å²) in [4.78, 5) is 43.6. The van der Waals surface area contributed by atoms with Crippen LogP contribution in [0.4, 0.5) is 4.79 Å². The lowest BCUT2D eigenvalue weighted by Crippen LogP contribution is -2.54. The second-order valence-corrected chi connectivity index (χ2v) is 7.62. The number of rotatable bonds is 3. The van der Waals surface area contributed by atoms with Gasteiger partial charge in [0.2, 0.25) is 5.54 Å². The standard InChI is InChI=1S/C24H18N4O4/c1-32-17-8-7-16-13-28(21(29)19(16)12-17)14-24(22(30)26-23(31)27-24)10-9-15-4-2-6-20-18(15)5-3-11-25-20/h2-8,11-12H,13-14H2,1H3,(H2,26,27,30,31)/t24-/m1/s1. The van der Waals surface area contributed by atoms with Crippen molar-refractivity contribution in [3.8, 4) is 17.6 Å². The Morgan fingerprint density at radius 3 is 2.81 bits per heavy atom. The van der Waals surface area contributed by atoms with E-state index in [1.165, 1.54) is 12.0 Å². The Bertz CT molecular complexity index is 1350. The molecule has 3 aromatic rings. The Morgan fingerprint density at radius 2 is 2.03 bits per heavy atom. The predicted molar refractivity (Wildman–Crippen MR) is 116 cm³/mol. The average molecular weight is 426 g/mol. The average Bonchev–Trinajstić information content (AvgIpc) is 3.26. The molecule has 2 N–H and O–H groups in total. The second-order valence-electron chi connectivity index (χ2n) is 7.62. The first-order valence-corrected chi connectivity index (χ1v) is 9.96. The number of amides is 4. The molecule has 4 amide bonds. The van der Waals surface area contributed by atoms with Gasteiger partial charge in [0.15, 0.2) is 0 Å². The number of hydrogen-bond donors (Lipinski definition) is 2. The number of benzene rings is 2. The maximum Gasteiger partial charge on any atom is 0.323 e. The molecule has 1 atom stereocenters. The summed E-state index contributed by atoms with van der Waals surface area (Å²) in [7, 11) is 1.53. The zero-order valence-corrected chi connectivity index (χ0v) is 17.1. The van der Waals surface area contributed by atoms with Gasteiger partial charge < -0.3 is 15.0 Å². The van der Waals surface area contributed by atoms with Gasteiger partial charge in [0.05, 0.1) is 19.2 Å².